The number of aromatic nitrogens is 12. The van der Waals surface area contributed by atoms with E-state index in [1.807, 2.05) is 36.4 Å². The van der Waals surface area contributed by atoms with Crippen LogP contribution in [0.2, 0.25) is 0 Å². The molecule has 0 aliphatic rings. The molecule has 0 aromatic carbocycles. The van der Waals surface area contributed by atoms with Crippen LogP contribution in [-0.2, 0) is 11.9 Å². The zero-order valence-electron chi connectivity index (χ0n) is 26.9. The number of ether oxygens (including phenoxy) is 1. The van der Waals surface area contributed by atoms with Gasteiger partial charge in [-0.1, -0.05) is 38.4 Å². The lowest BCUT2D eigenvalue weighted by Crippen LogP contribution is -2.12. The standard InChI is InChI=1S/C16H11FN6O2.C11H8FN5O2.C6H6BrN/c17-11-8-19-15(20-16(11)24)13-7-14(12-4-6-25-22-12)23(21-13)9-10-3-1-2-5-18-10;1-18-11-6(12)5-13-10(14-11)9-4-8(15-16-9)7-2-3-19-17-7;7-5-6-3-1-2-4-8-6/h1-8H,9H2,(H,19,20,24);2-5H,1H3,(H,15,16);1-4H,5H2. The van der Waals surface area contributed by atoms with E-state index >= 15 is 0 Å². The van der Waals surface area contributed by atoms with Gasteiger partial charge in [0.15, 0.2) is 11.6 Å². The first-order valence-electron chi connectivity index (χ1n) is 15.0. The summed E-state index contributed by atoms with van der Waals surface area (Å²) in [5.74, 6) is -1.25. The number of aromatic amines is 2. The Morgan fingerprint density at radius 2 is 1.54 bits per heavy atom. The maximum atomic E-state index is 13.2. The molecule has 0 radical (unpaired) electrons. The number of halogens is 3. The molecule has 0 unspecified atom stereocenters. The highest BCUT2D eigenvalue weighted by Gasteiger charge is 2.17. The highest BCUT2D eigenvalue weighted by molar-refractivity contribution is 9.08. The third kappa shape index (κ3) is 8.69. The second-order valence-corrected chi connectivity index (χ2v) is 10.8. The van der Waals surface area contributed by atoms with Gasteiger partial charge in [0.2, 0.25) is 11.6 Å². The van der Waals surface area contributed by atoms with Crippen molar-refractivity contribution in [3.8, 4) is 51.7 Å². The third-order valence-electron chi connectivity index (χ3n) is 6.80. The number of hydrogen-bond acceptors (Lipinski definition) is 13. The molecule has 0 saturated heterocycles. The first-order chi connectivity index (χ1) is 25.4. The lowest BCUT2D eigenvalue weighted by Gasteiger charge is -2.04. The van der Waals surface area contributed by atoms with Crippen LogP contribution in [0.3, 0.4) is 0 Å². The van der Waals surface area contributed by atoms with Gasteiger partial charge in [-0.2, -0.15) is 24.0 Å². The Balaban J connectivity index is 0.000000151. The minimum atomic E-state index is -0.951. The summed E-state index contributed by atoms with van der Waals surface area (Å²) in [6, 6.07) is 18.2. The largest absolute Gasteiger partial charge is 0.479 e. The third-order valence-corrected chi connectivity index (χ3v) is 7.38. The summed E-state index contributed by atoms with van der Waals surface area (Å²) in [5.41, 5.74) is 4.30. The molecule has 8 aromatic heterocycles. The fraction of sp³-hybridized carbons (Fsp3) is 0.0909. The Kier molecular flexibility index (Phi) is 11.3. The van der Waals surface area contributed by atoms with E-state index in [2.05, 4.69) is 71.4 Å². The second kappa shape index (κ2) is 16.8. The van der Waals surface area contributed by atoms with E-state index < -0.39 is 17.2 Å². The molecule has 0 spiro atoms. The molecule has 8 rings (SSSR count). The molecule has 2 N–H and O–H groups in total. The number of pyridine rings is 2. The topological polar surface area (TPSA) is 205 Å². The predicted molar refractivity (Wildman–Crippen MR) is 183 cm³/mol. The summed E-state index contributed by atoms with van der Waals surface area (Å²) in [7, 11) is 1.34. The fourth-order valence-corrected chi connectivity index (χ4v) is 4.70. The Morgan fingerprint density at radius 3 is 2.15 bits per heavy atom. The lowest BCUT2D eigenvalue weighted by atomic mass is 10.2. The van der Waals surface area contributed by atoms with Crippen LogP contribution in [0.5, 0.6) is 5.88 Å². The zero-order valence-corrected chi connectivity index (χ0v) is 28.5. The average molecular weight is 772 g/mol. The number of rotatable bonds is 8. The average Bonchev–Trinajstić information content (AvgIpc) is 4.02. The molecular formula is C33H25BrF2N12O4. The van der Waals surface area contributed by atoms with Crippen molar-refractivity contribution >= 4 is 15.9 Å². The summed E-state index contributed by atoms with van der Waals surface area (Å²) >= 11 is 3.29. The smallest absolute Gasteiger partial charge is 0.287 e. The van der Waals surface area contributed by atoms with Crippen LogP contribution in [0.15, 0.2) is 112 Å². The van der Waals surface area contributed by atoms with Crippen molar-refractivity contribution in [3.05, 3.63) is 131 Å². The summed E-state index contributed by atoms with van der Waals surface area (Å²) in [6.07, 6.45) is 8.27. The molecular weight excluding hydrogens is 746 g/mol. The summed E-state index contributed by atoms with van der Waals surface area (Å²) in [5, 5.41) is 19.8. The molecule has 8 heterocycles. The van der Waals surface area contributed by atoms with E-state index in [1.54, 1.807) is 41.3 Å². The number of methoxy groups -OCH3 is 1. The molecule has 0 aliphatic heterocycles. The van der Waals surface area contributed by atoms with Gasteiger partial charge < -0.3 is 18.8 Å². The van der Waals surface area contributed by atoms with E-state index in [1.165, 1.54) is 19.6 Å². The van der Waals surface area contributed by atoms with Crippen molar-refractivity contribution in [2.24, 2.45) is 0 Å². The Bertz CT molecular complexity index is 2370. The molecule has 52 heavy (non-hydrogen) atoms. The van der Waals surface area contributed by atoms with Gasteiger partial charge in [-0.05, 0) is 36.4 Å². The van der Waals surface area contributed by atoms with Crippen LogP contribution in [0, 0.1) is 11.6 Å². The van der Waals surface area contributed by atoms with Crippen LogP contribution in [0.1, 0.15) is 11.4 Å². The van der Waals surface area contributed by atoms with Gasteiger partial charge >= 0.3 is 0 Å². The van der Waals surface area contributed by atoms with Crippen molar-refractivity contribution in [2.45, 2.75) is 11.9 Å². The number of nitrogens with one attached hydrogen (secondary N) is 2. The van der Waals surface area contributed by atoms with E-state index in [4.69, 9.17) is 13.8 Å². The minimum absolute atomic E-state index is 0.123. The highest BCUT2D eigenvalue weighted by atomic mass is 79.9. The Labute approximate surface area is 300 Å². The van der Waals surface area contributed by atoms with E-state index in [9.17, 15) is 13.6 Å². The molecule has 0 amide bonds. The van der Waals surface area contributed by atoms with Gasteiger partial charge in [0.1, 0.15) is 41.0 Å². The molecule has 0 bridgehead atoms. The van der Waals surface area contributed by atoms with Crippen LogP contribution in [0.25, 0.3) is 45.8 Å². The maximum absolute atomic E-state index is 13.2. The first-order valence-corrected chi connectivity index (χ1v) is 16.2. The van der Waals surface area contributed by atoms with Gasteiger partial charge in [-0.3, -0.25) is 24.5 Å². The number of H-pyrrole nitrogens is 2. The van der Waals surface area contributed by atoms with E-state index in [-0.39, 0.29) is 17.5 Å². The predicted octanol–water partition coefficient (Wildman–Crippen LogP) is 5.52. The van der Waals surface area contributed by atoms with E-state index in [0.717, 1.165) is 29.1 Å². The van der Waals surface area contributed by atoms with Crippen LogP contribution in [0.4, 0.5) is 8.78 Å². The Hall–Kier alpha value is -6.76. The van der Waals surface area contributed by atoms with Crippen LogP contribution in [-0.4, -0.2) is 67.3 Å². The molecule has 0 aliphatic carbocycles. The van der Waals surface area contributed by atoms with Gasteiger partial charge in [0.25, 0.3) is 11.4 Å². The van der Waals surface area contributed by atoms with Crippen molar-refractivity contribution in [1.29, 1.82) is 0 Å². The minimum Gasteiger partial charge on any atom is -0.479 e. The molecule has 8 aromatic rings. The van der Waals surface area contributed by atoms with Gasteiger partial charge in [0.05, 0.1) is 43.1 Å². The second-order valence-electron chi connectivity index (χ2n) is 10.2. The zero-order chi connectivity index (χ0) is 36.3. The first kappa shape index (κ1) is 35.1. The molecule has 0 atom stereocenters. The normalized spacial score (nSPS) is 10.5. The highest BCUT2D eigenvalue weighted by Crippen LogP contribution is 2.24. The quantitative estimate of drug-likeness (QED) is 0.183. The van der Waals surface area contributed by atoms with Gasteiger partial charge in [0, 0.05) is 29.9 Å². The fourth-order valence-electron chi connectivity index (χ4n) is 4.37. The summed E-state index contributed by atoms with van der Waals surface area (Å²) < 4.78 is 42.5. The monoisotopic (exact) mass is 770 g/mol. The number of alkyl halides is 1. The summed E-state index contributed by atoms with van der Waals surface area (Å²) in [4.78, 5) is 33.9. The van der Waals surface area contributed by atoms with E-state index in [0.29, 0.717) is 40.7 Å². The molecule has 0 saturated carbocycles. The van der Waals surface area contributed by atoms with Crippen molar-refractivity contribution < 1.29 is 22.6 Å². The molecule has 19 heteroatoms. The lowest BCUT2D eigenvalue weighted by molar-refractivity contribution is 0.367. The molecule has 16 nitrogen and oxygen atoms in total. The van der Waals surface area contributed by atoms with Crippen molar-refractivity contribution in [2.75, 3.05) is 7.11 Å². The molecule has 0 fully saturated rings. The van der Waals surface area contributed by atoms with Crippen LogP contribution < -0.4 is 10.3 Å². The Morgan fingerprint density at radius 1 is 0.827 bits per heavy atom. The van der Waals surface area contributed by atoms with Gasteiger partial charge in [-0.25, -0.2) is 9.97 Å². The summed E-state index contributed by atoms with van der Waals surface area (Å²) in [6.45, 7) is 0.383. The maximum Gasteiger partial charge on any atom is 0.287 e. The SMILES string of the molecule is BrCc1ccccn1.COc1nc(-c2cc(-c3ccon3)n[nH]2)ncc1F.O=c1[nH]c(-c2cc(-c3ccon3)n(Cc3ccccn3)n2)ncc1F. The van der Waals surface area contributed by atoms with Crippen molar-refractivity contribution in [3.63, 3.8) is 0 Å². The van der Waals surface area contributed by atoms with Crippen molar-refractivity contribution in [1.82, 2.24) is 60.2 Å². The number of nitrogens with zero attached hydrogens (tertiary/aromatic N) is 10. The van der Waals surface area contributed by atoms with Gasteiger partial charge in [-0.15, -0.1) is 0 Å². The molecule has 262 valence electrons. The number of hydrogen-bond donors (Lipinski definition) is 2. The van der Waals surface area contributed by atoms with Crippen LogP contribution >= 0.6 is 15.9 Å².